The minimum atomic E-state index is -0.00976. The first-order valence-corrected chi connectivity index (χ1v) is 7.07. The number of pyridine rings is 1. The minimum Gasteiger partial charge on any atom is -0.428 e. The number of nitrogens with zero attached hydrogens (tertiary/aromatic N) is 1. The second-order valence-corrected chi connectivity index (χ2v) is 4.99. The fourth-order valence-electron chi connectivity index (χ4n) is 2.40. The van der Waals surface area contributed by atoms with Crippen LogP contribution in [0.2, 0.25) is 0 Å². The fourth-order valence-corrected chi connectivity index (χ4v) is 2.40. The highest BCUT2D eigenvalue weighted by Crippen LogP contribution is 2.13. The monoisotopic (exact) mass is 259 g/mol. The van der Waals surface area contributed by atoms with Crippen LogP contribution in [0.15, 0.2) is 35.1 Å². The second-order valence-electron chi connectivity index (χ2n) is 4.99. The Labute approximate surface area is 113 Å². The van der Waals surface area contributed by atoms with Crippen LogP contribution >= 0.6 is 0 Å². The zero-order valence-electron chi connectivity index (χ0n) is 11.4. The second kappa shape index (κ2) is 6.41. The number of hydrogen-bond acceptors (Lipinski definition) is 2. The molecule has 0 saturated carbocycles. The van der Waals surface area contributed by atoms with Gasteiger partial charge in [-0.25, -0.2) is 0 Å². The summed E-state index contributed by atoms with van der Waals surface area (Å²) in [4.78, 5) is 12.0. The molecule has 0 radical (unpaired) electrons. The molecular formula is C16H21NO2. The van der Waals surface area contributed by atoms with Gasteiger partial charge in [0.25, 0.3) is 0 Å². The average Bonchev–Trinajstić information content (AvgIpc) is 2.44. The van der Waals surface area contributed by atoms with Gasteiger partial charge in [-0.1, -0.05) is 44.7 Å². The lowest BCUT2D eigenvalue weighted by atomic mass is 10.1. The molecule has 19 heavy (non-hydrogen) atoms. The Kier molecular flexibility index (Phi) is 4.61. The van der Waals surface area contributed by atoms with Crippen LogP contribution in [0.1, 0.15) is 44.7 Å². The number of rotatable bonds is 6. The number of para-hydroxylation sites is 1. The summed E-state index contributed by atoms with van der Waals surface area (Å²) < 4.78 is 1.16. The largest absolute Gasteiger partial charge is 0.428 e. The van der Waals surface area contributed by atoms with E-state index in [9.17, 15) is 10.0 Å². The van der Waals surface area contributed by atoms with Gasteiger partial charge in [0.1, 0.15) is 0 Å². The van der Waals surface area contributed by atoms with Crippen LogP contribution in [-0.4, -0.2) is 9.94 Å². The fraction of sp³-hybridized carbons (Fsp3) is 0.438. The van der Waals surface area contributed by atoms with Crippen molar-refractivity contribution in [1.82, 2.24) is 4.73 Å². The predicted molar refractivity (Wildman–Crippen MR) is 77.9 cm³/mol. The van der Waals surface area contributed by atoms with Crippen LogP contribution < -0.4 is 5.43 Å². The SMILES string of the molecule is CCCCCCCc1cc(=O)c2ccccc2n1O. The van der Waals surface area contributed by atoms with Crippen LogP contribution in [0.25, 0.3) is 10.9 Å². The van der Waals surface area contributed by atoms with Gasteiger partial charge in [0, 0.05) is 11.5 Å². The van der Waals surface area contributed by atoms with Crippen molar-refractivity contribution in [2.24, 2.45) is 0 Å². The molecule has 2 aromatic rings. The predicted octanol–water partition coefficient (Wildman–Crippen LogP) is 3.75. The number of benzene rings is 1. The first-order valence-electron chi connectivity index (χ1n) is 7.07. The summed E-state index contributed by atoms with van der Waals surface area (Å²) in [5.41, 5.74) is 1.29. The summed E-state index contributed by atoms with van der Waals surface area (Å²) in [7, 11) is 0. The van der Waals surface area contributed by atoms with Gasteiger partial charge in [-0.15, -0.1) is 0 Å². The van der Waals surface area contributed by atoms with Crippen molar-refractivity contribution < 1.29 is 5.21 Å². The van der Waals surface area contributed by atoms with E-state index in [1.807, 2.05) is 12.1 Å². The van der Waals surface area contributed by atoms with E-state index in [1.165, 1.54) is 19.3 Å². The van der Waals surface area contributed by atoms with E-state index in [4.69, 9.17) is 0 Å². The molecule has 0 fully saturated rings. The topological polar surface area (TPSA) is 42.2 Å². The van der Waals surface area contributed by atoms with Crippen LogP contribution in [0.5, 0.6) is 0 Å². The van der Waals surface area contributed by atoms with Crippen molar-refractivity contribution in [2.75, 3.05) is 0 Å². The number of hydrogen-bond donors (Lipinski definition) is 1. The molecule has 0 aliphatic carbocycles. The van der Waals surface area contributed by atoms with Gasteiger partial charge in [0.05, 0.1) is 11.2 Å². The first kappa shape index (κ1) is 13.7. The maximum absolute atomic E-state index is 12.0. The van der Waals surface area contributed by atoms with E-state index < -0.39 is 0 Å². The van der Waals surface area contributed by atoms with Crippen LogP contribution in [-0.2, 0) is 6.42 Å². The number of aromatic nitrogens is 1. The molecule has 0 unspecified atom stereocenters. The normalized spacial score (nSPS) is 11.0. The highest BCUT2D eigenvalue weighted by Gasteiger charge is 2.07. The molecule has 0 amide bonds. The molecule has 0 bridgehead atoms. The van der Waals surface area contributed by atoms with E-state index in [2.05, 4.69) is 6.92 Å². The summed E-state index contributed by atoms with van der Waals surface area (Å²) in [6.45, 7) is 2.19. The van der Waals surface area contributed by atoms with Crippen molar-refractivity contribution in [3.8, 4) is 0 Å². The quantitative estimate of drug-likeness (QED) is 0.634. The molecule has 2 rings (SSSR count). The molecule has 1 aromatic heterocycles. The van der Waals surface area contributed by atoms with Crippen LogP contribution in [0.4, 0.5) is 0 Å². The summed E-state index contributed by atoms with van der Waals surface area (Å²) in [5.74, 6) is 0. The van der Waals surface area contributed by atoms with E-state index in [0.29, 0.717) is 16.6 Å². The van der Waals surface area contributed by atoms with E-state index >= 15 is 0 Å². The van der Waals surface area contributed by atoms with E-state index in [-0.39, 0.29) is 5.43 Å². The molecule has 0 saturated heterocycles. The van der Waals surface area contributed by atoms with Gasteiger partial charge in [0.2, 0.25) is 0 Å². The zero-order valence-corrected chi connectivity index (χ0v) is 11.4. The minimum absolute atomic E-state index is 0.00976. The lowest BCUT2D eigenvalue weighted by molar-refractivity contribution is 0.187. The Balaban J connectivity index is 2.15. The van der Waals surface area contributed by atoms with E-state index in [1.54, 1.807) is 18.2 Å². The molecule has 3 heteroatoms. The van der Waals surface area contributed by atoms with Crippen molar-refractivity contribution in [1.29, 1.82) is 0 Å². The van der Waals surface area contributed by atoms with Crippen molar-refractivity contribution >= 4 is 10.9 Å². The highest BCUT2D eigenvalue weighted by molar-refractivity contribution is 5.78. The van der Waals surface area contributed by atoms with Crippen molar-refractivity contribution in [3.63, 3.8) is 0 Å². The lowest BCUT2D eigenvalue weighted by Crippen LogP contribution is -2.12. The lowest BCUT2D eigenvalue weighted by Gasteiger charge is -2.10. The molecule has 1 aromatic carbocycles. The molecule has 0 spiro atoms. The highest BCUT2D eigenvalue weighted by atomic mass is 16.5. The standard InChI is InChI=1S/C16H21NO2/c1-2-3-4-5-6-9-13-12-16(18)14-10-7-8-11-15(14)17(13)19/h7-8,10-12,19H,2-6,9H2,1H3. The summed E-state index contributed by atoms with van der Waals surface area (Å²) in [6, 6.07) is 8.72. The molecule has 1 heterocycles. The van der Waals surface area contributed by atoms with Gasteiger partial charge in [-0.05, 0) is 25.0 Å². The summed E-state index contributed by atoms with van der Waals surface area (Å²) >= 11 is 0. The van der Waals surface area contributed by atoms with Gasteiger partial charge in [-0.2, -0.15) is 4.73 Å². The Morgan fingerprint density at radius 1 is 1.11 bits per heavy atom. The molecule has 102 valence electrons. The first-order chi connectivity index (χ1) is 9.24. The number of unbranched alkanes of at least 4 members (excludes halogenated alkanes) is 4. The maximum Gasteiger partial charge on any atom is 0.189 e. The Bertz CT molecular complexity index is 601. The third-order valence-electron chi connectivity index (χ3n) is 3.50. The molecule has 0 aliphatic rings. The van der Waals surface area contributed by atoms with Gasteiger partial charge in [-0.3, -0.25) is 4.79 Å². The van der Waals surface area contributed by atoms with Gasteiger partial charge >= 0.3 is 0 Å². The molecule has 1 N–H and O–H groups in total. The Hall–Kier alpha value is -1.77. The van der Waals surface area contributed by atoms with Gasteiger partial charge in [0.15, 0.2) is 5.43 Å². The van der Waals surface area contributed by atoms with Crippen molar-refractivity contribution in [2.45, 2.75) is 45.4 Å². The summed E-state index contributed by atoms with van der Waals surface area (Å²) in [6.07, 6.45) is 6.61. The summed E-state index contributed by atoms with van der Waals surface area (Å²) in [5, 5.41) is 10.7. The average molecular weight is 259 g/mol. The third-order valence-corrected chi connectivity index (χ3v) is 3.50. The Morgan fingerprint density at radius 2 is 1.84 bits per heavy atom. The third kappa shape index (κ3) is 3.16. The molecule has 0 atom stereocenters. The van der Waals surface area contributed by atoms with Crippen LogP contribution in [0, 0.1) is 0 Å². The Morgan fingerprint density at radius 3 is 2.63 bits per heavy atom. The van der Waals surface area contributed by atoms with Crippen LogP contribution in [0.3, 0.4) is 0 Å². The smallest absolute Gasteiger partial charge is 0.189 e. The van der Waals surface area contributed by atoms with Gasteiger partial charge < -0.3 is 5.21 Å². The number of fused-ring (bicyclic) bond motifs is 1. The molecule has 3 nitrogen and oxygen atoms in total. The molecule has 0 aliphatic heterocycles. The van der Waals surface area contributed by atoms with Crippen molar-refractivity contribution in [3.05, 3.63) is 46.2 Å². The molecular weight excluding hydrogens is 238 g/mol. The van der Waals surface area contributed by atoms with E-state index in [0.717, 1.165) is 24.0 Å². The maximum atomic E-state index is 12.0. The number of aryl methyl sites for hydroxylation is 1. The zero-order chi connectivity index (χ0) is 13.7.